The Morgan fingerprint density at radius 1 is 1.30 bits per heavy atom. The third-order valence-corrected chi connectivity index (χ3v) is 1.06. The van der Waals surface area contributed by atoms with Gasteiger partial charge in [0.1, 0.15) is 0 Å². The van der Waals surface area contributed by atoms with Crippen molar-refractivity contribution in [1.82, 2.24) is 5.32 Å². The van der Waals surface area contributed by atoms with Gasteiger partial charge in [-0.1, -0.05) is 6.08 Å². The number of imide groups is 1. The van der Waals surface area contributed by atoms with Crippen molar-refractivity contribution in [2.75, 3.05) is 0 Å². The Labute approximate surface area is 56.9 Å². The summed E-state index contributed by atoms with van der Waals surface area (Å²) in [5.74, 6) is -1.94. The van der Waals surface area contributed by atoms with Crippen molar-refractivity contribution in [3.8, 4) is 0 Å². The molecule has 1 rings (SSSR count). The van der Waals surface area contributed by atoms with Gasteiger partial charge in [0, 0.05) is 6.42 Å². The number of allylic oxidation sites excluding steroid dienone is 1. The van der Waals surface area contributed by atoms with Gasteiger partial charge in [0.25, 0.3) is 11.8 Å². The lowest BCUT2D eigenvalue weighted by atomic mass is 10.3. The number of carbonyl (C=O) groups excluding carboxylic acids is 3. The van der Waals surface area contributed by atoms with Crippen molar-refractivity contribution in [2.45, 2.75) is 6.42 Å². The quantitative estimate of drug-likeness (QED) is 0.351. The van der Waals surface area contributed by atoms with E-state index in [0.717, 1.165) is 0 Å². The van der Waals surface area contributed by atoms with E-state index in [-0.39, 0.29) is 6.42 Å². The van der Waals surface area contributed by atoms with Crippen LogP contribution in [0.4, 0.5) is 0 Å². The maximum atomic E-state index is 10.5. The van der Waals surface area contributed by atoms with Crippen molar-refractivity contribution in [3.63, 3.8) is 0 Å². The van der Waals surface area contributed by atoms with Crippen LogP contribution in [0.5, 0.6) is 0 Å². The van der Waals surface area contributed by atoms with Crippen LogP contribution in [-0.4, -0.2) is 17.6 Å². The molecule has 1 aliphatic rings. The number of hydrogen-bond acceptors (Lipinski definition) is 3. The number of amides is 2. The Morgan fingerprint density at radius 3 is 2.70 bits per heavy atom. The molecule has 0 saturated heterocycles. The molecule has 0 bridgehead atoms. The summed E-state index contributed by atoms with van der Waals surface area (Å²) in [4.78, 5) is 31.5. The van der Waals surface area contributed by atoms with Crippen LogP contribution in [0.3, 0.4) is 0 Å². The average Bonchev–Trinajstić information content (AvgIpc) is 1.96. The monoisotopic (exact) mass is 139 g/mol. The maximum absolute atomic E-state index is 10.5. The molecule has 0 aromatic heterocycles. The summed E-state index contributed by atoms with van der Waals surface area (Å²) in [5.41, 5.74) is 0. The highest BCUT2D eigenvalue weighted by Crippen LogP contribution is 1.91. The first-order valence-corrected chi connectivity index (χ1v) is 2.75. The summed E-state index contributed by atoms with van der Waals surface area (Å²) in [5, 5.41) is 1.88. The standard InChI is InChI=1S/C6H5NO3/c8-4-2-1-3-5(9)7-6(4)10/h1,3H,2H2,(H,7,9,10). The first kappa shape index (κ1) is 6.67. The van der Waals surface area contributed by atoms with Crippen molar-refractivity contribution >= 4 is 17.6 Å². The van der Waals surface area contributed by atoms with Crippen LogP contribution in [0.25, 0.3) is 0 Å². The first-order chi connectivity index (χ1) is 4.70. The van der Waals surface area contributed by atoms with E-state index < -0.39 is 17.6 Å². The molecule has 0 atom stereocenters. The smallest absolute Gasteiger partial charge is 0.288 e. The van der Waals surface area contributed by atoms with Crippen LogP contribution in [0, 0.1) is 0 Å². The largest absolute Gasteiger partial charge is 0.294 e. The van der Waals surface area contributed by atoms with Gasteiger partial charge in [0.05, 0.1) is 0 Å². The van der Waals surface area contributed by atoms with Crippen LogP contribution < -0.4 is 5.32 Å². The Morgan fingerprint density at radius 2 is 2.00 bits per heavy atom. The molecule has 1 heterocycles. The summed E-state index contributed by atoms with van der Waals surface area (Å²) in [7, 11) is 0. The van der Waals surface area contributed by atoms with Gasteiger partial charge in [0.15, 0.2) is 0 Å². The Kier molecular flexibility index (Phi) is 1.62. The molecule has 0 aromatic carbocycles. The molecule has 0 aromatic rings. The van der Waals surface area contributed by atoms with Gasteiger partial charge in [-0.05, 0) is 6.08 Å². The predicted octanol–water partition coefficient (Wildman–Crippen LogP) is -0.842. The number of nitrogens with one attached hydrogen (secondary N) is 1. The maximum Gasteiger partial charge on any atom is 0.294 e. The summed E-state index contributed by atoms with van der Waals surface area (Å²) in [6, 6.07) is 0. The van der Waals surface area contributed by atoms with Crippen LogP contribution in [0.1, 0.15) is 6.42 Å². The second-order valence-corrected chi connectivity index (χ2v) is 1.85. The second-order valence-electron chi connectivity index (χ2n) is 1.85. The molecule has 1 aliphatic heterocycles. The number of carbonyl (C=O) groups is 3. The van der Waals surface area contributed by atoms with E-state index in [4.69, 9.17) is 0 Å². The molecular weight excluding hydrogens is 134 g/mol. The highest BCUT2D eigenvalue weighted by atomic mass is 16.2. The summed E-state index contributed by atoms with van der Waals surface area (Å²) in [6.07, 6.45) is 2.54. The summed E-state index contributed by atoms with van der Waals surface area (Å²) >= 11 is 0. The fourth-order valence-corrected chi connectivity index (χ4v) is 0.589. The van der Waals surface area contributed by atoms with E-state index in [0.29, 0.717) is 0 Å². The minimum absolute atomic E-state index is 0.0115. The molecule has 10 heavy (non-hydrogen) atoms. The SMILES string of the molecule is O=C1C=CCC(=O)C(=O)N1. The van der Waals surface area contributed by atoms with Crippen molar-refractivity contribution in [1.29, 1.82) is 0 Å². The van der Waals surface area contributed by atoms with E-state index in [1.807, 2.05) is 5.32 Å². The molecule has 4 heteroatoms. The molecule has 0 saturated carbocycles. The molecule has 52 valence electrons. The molecule has 1 N–H and O–H groups in total. The molecular formula is C6H5NO3. The lowest BCUT2D eigenvalue weighted by Gasteiger charge is -1.91. The molecule has 0 fully saturated rings. The van der Waals surface area contributed by atoms with E-state index >= 15 is 0 Å². The van der Waals surface area contributed by atoms with E-state index in [1.54, 1.807) is 0 Å². The van der Waals surface area contributed by atoms with Gasteiger partial charge < -0.3 is 0 Å². The zero-order valence-electron chi connectivity index (χ0n) is 5.09. The van der Waals surface area contributed by atoms with Crippen LogP contribution in [-0.2, 0) is 14.4 Å². The lowest BCUT2D eigenvalue weighted by molar-refractivity contribution is -0.139. The van der Waals surface area contributed by atoms with Gasteiger partial charge >= 0.3 is 0 Å². The van der Waals surface area contributed by atoms with Crippen molar-refractivity contribution in [2.24, 2.45) is 0 Å². The Hall–Kier alpha value is -1.45. The highest BCUT2D eigenvalue weighted by molar-refractivity contribution is 6.40. The zero-order chi connectivity index (χ0) is 7.56. The second kappa shape index (κ2) is 2.43. The van der Waals surface area contributed by atoms with Gasteiger partial charge in [-0.2, -0.15) is 0 Å². The van der Waals surface area contributed by atoms with E-state index in [9.17, 15) is 14.4 Å². The Balaban J connectivity index is 2.79. The van der Waals surface area contributed by atoms with Gasteiger partial charge in [-0.15, -0.1) is 0 Å². The minimum Gasteiger partial charge on any atom is -0.288 e. The normalized spacial score (nSPS) is 18.6. The zero-order valence-corrected chi connectivity index (χ0v) is 5.09. The molecule has 0 spiro atoms. The lowest BCUT2D eigenvalue weighted by Crippen LogP contribution is -2.32. The van der Waals surface area contributed by atoms with E-state index in [2.05, 4.69) is 0 Å². The van der Waals surface area contributed by atoms with Gasteiger partial charge in [-0.3, -0.25) is 19.7 Å². The fraction of sp³-hybridized carbons (Fsp3) is 0.167. The molecule has 4 nitrogen and oxygen atoms in total. The van der Waals surface area contributed by atoms with Crippen LogP contribution >= 0.6 is 0 Å². The van der Waals surface area contributed by atoms with Crippen molar-refractivity contribution in [3.05, 3.63) is 12.2 Å². The molecule has 0 unspecified atom stereocenters. The number of rotatable bonds is 0. The minimum atomic E-state index is -0.824. The topological polar surface area (TPSA) is 63.2 Å². The Bertz CT molecular complexity index is 229. The van der Waals surface area contributed by atoms with Gasteiger partial charge in [0.2, 0.25) is 5.78 Å². The van der Waals surface area contributed by atoms with Crippen LogP contribution in [0.15, 0.2) is 12.2 Å². The first-order valence-electron chi connectivity index (χ1n) is 2.75. The molecule has 2 amide bonds. The number of hydrogen-bond donors (Lipinski definition) is 1. The van der Waals surface area contributed by atoms with Crippen molar-refractivity contribution < 1.29 is 14.4 Å². The predicted molar refractivity (Wildman–Crippen MR) is 31.9 cm³/mol. The average molecular weight is 139 g/mol. The highest BCUT2D eigenvalue weighted by Gasteiger charge is 2.16. The summed E-state index contributed by atoms with van der Waals surface area (Å²) in [6.45, 7) is 0. The number of Topliss-reactive ketones (excluding diaryl/α,β-unsaturated/α-hetero) is 1. The number of ketones is 1. The third kappa shape index (κ3) is 1.28. The van der Waals surface area contributed by atoms with E-state index in [1.165, 1.54) is 12.2 Å². The molecule has 0 radical (unpaired) electrons. The fourth-order valence-electron chi connectivity index (χ4n) is 0.589. The summed E-state index contributed by atoms with van der Waals surface area (Å²) < 4.78 is 0. The van der Waals surface area contributed by atoms with Gasteiger partial charge in [-0.25, -0.2) is 0 Å². The van der Waals surface area contributed by atoms with Crippen LogP contribution in [0.2, 0.25) is 0 Å². The third-order valence-electron chi connectivity index (χ3n) is 1.06. The molecule has 0 aliphatic carbocycles.